The number of hydrogen-bond donors (Lipinski definition) is 1. The molecule has 0 amide bonds. The van der Waals surface area contributed by atoms with Crippen LogP contribution in [0, 0.1) is 16.7 Å². The zero-order chi connectivity index (χ0) is 12.6. The van der Waals surface area contributed by atoms with Gasteiger partial charge in [0.1, 0.15) is 5.41 Å². The van der Waals surface area contributed by atoms with E-state index in [1.165, 1.54) is 0 Å². The zero-order valence-electron chi connectivity index (χ0n) is 10.7. The minimum absolute atomic E-state index is 0.320. The van der Waals surface area contributed by atoms with Crippen LogP contribution in [-0.4, -0.2) is 36.1 Å². The lowest BCUT2D eigenvalue weighted by atomic mass is 9.64. The number of ether oxygens (including phenoxy) is 2. The maximum Gasteiger partial charge on any atom is 0.112 e. The van der Waals surface area contributed by atoms with Crippen LogP contribution in [0.3, 0.4) is 0 Å². The second kappa shape index (κ2) is 4.24. The molecule has 0 bridgehead atoms. The van der Waals surface area contributed by atoms with Crippen molar-refractivity contribution >= 4 is 0 Å². The van der Waals surface area contributed by atoms with E-state index in [-0.39, 0.29) is 5.60 Å². The molecule has 0 radical (unpaired) electrons. The Morgan fingerprint density at radius 1 is 1.35 bits per heavy atom. The van der Waals surface area contributed by atoms with Crippen molar-refractivity contribution in [3.8, 4) is 6.07 Å². The summed E-state index contributed by atoms with van der Waals surface area (Å²) in [6.45, 7) is 5.50. The summed E-state index contributed by atoms with van der Waals surface area (Å²) in [6, 6.07) is 2.32. The molecule has 2 rings (SSSR count). The molecular formula is C13H21NO3. The molecule has 2 aliphatic rings. The van der Waals surface area contributed by atoms with Crippen LogP contribution in [0.25, 0.3) is 0 Å². The first-order chi connectivity index (χ1) is 7.99. The summed E-state index contributed by atoms with van der Waals surface area (Å²) in [4.78, 5) is 0. The molecule has 96 valence electrons. The Hall–Kier alpha value is -0.630. The minimum Gasteiger partial charge on any atom is -0.388 e. The number of rotatable bonds is 2. The Bertz CT molecular complexity index is 332. The summed E-state index contributed by atoms with van der Waals surface area (Å²) in [6.07, 6.45) is 2.52. The van der Waals surface area contributed by atoms with Gasteiger partial charge in [0, 0.05) is 19.4 Å². The first kappa shape index (κ1) is 12.8. The third-order valence-electron chi connectivity index (χ3n) is 4.51. The third kappa shape index (κ3) is 1.97. The van der Waals surface area contributed by atoms with Crippen molar-refractivity contribution in [1.82, 2.24) is 0 Å². The van der Waals surface area contributed by atoms with E-state index in [9.17, 15) is 10.4 Å². The number of nitriles is 1. The molecule has 3 unspecified atom stereocenters. The molecule has 2 saturated heterocycles. The second-order valence-electron chi connectivity index (χ2n) is 5.61. The maximum atomic E-state index is 10.9. The highest BCUT2D eigenvalue weighted by Gasteiger charge is 2.57. The van der Waals surface area contributed by atoms with Gasteiger partial charge in [-0.15, -0.1) is 0 Å². The largest absolute Gasteiger partial charge is 0.388 e. The standard InChI is InChI=1S/C13H21NO3/c1-3-11(2)8-13(15,5-7-17-11)12(9-14)4-6-16-10-12/h15H,3-8,10H2,1-2H3. The van der Waals surface area contributed by atoms with Gasteiger partial charge < -0.3 is 14.6 Å². The highest BCUT2D eigenvalue weighted by molar-refractivity contribution is 5.16. The molecule has 4 heteroatoms. The van der Waals surface area contributed by atoms with Gasteiger partial charge in [-0.05, 0) is 19.8 Å². The van der Waals surface area contributed by atoms with Crippen molar-refractivity contribution in [2.45, 2.75) is 50.7 Å². The van der Waals surface area contributed by atoms with Crippen molar-refractivity contribution in [3.05, 3.63) is 0 Å². The molecule has 2 heterocycles. The predicted molar refractivity (Wildman–Crippen MR) is 62.3 cm³/mol. The van der Waals surface area contributed by atoms with Crippen LogP contribution in [0.4, 0.5) is 0 Å². The van der Waals surface area contributed by atoms with E-state index in [2.05, 4.69) is 13.0 Å². The Morgan fingerprint density at radius 3 is 2.65 bits per heavy atom. The summed E-state index contributed by atoms with van der Waals surface area (Å²) in [5.41, 5.74) is -2.03. The number of nitrogens with zero attached hydrogens (tertiary/aromatic N) is 1. The highest BCUT2D eigenvalue weighted by Crippen LogP contribution is 2.48. The van der Waals surface area contributed by atoms with Crippen molar-refractivity contribution in [2.75, 3.05) is 19.8 Å². The summed E-state index contributed by atoms with van der Waals surface area (Å²) in [7, 11) is 0. The monoisotopic (exact) mass is 239 g/mol. The fourth-order valence-corrected chi connectivity index (χ4v) is 2.98. The highest BCUT2D eigenvalue weighted by atomic mass is 16.5. The number of hydrogen-bond acceptors (Lipinski definition) is 4. The van der Waals surface area contributed by atoms with Crippen LogP contribution in [0.1, 0.15) is 39.5 Å². The first-order valence-electron chi connectivity index (χ1n) is 6.35. The Kier molecular flexibility index (Phi) is 3.19. The molecule has 0 aromatic carbocycles. The van der Waals surface area contributed by atoms with E-state index in [1.54, 1.807) is 0 Å². The average Bonchev–Trinajstić information content (AvgIpc) is 2.79. The van der Waals surface area contributed by atoms with Crippen molar-refractivity contribution < 1.29 is 14.6 Å². The molecule has 0 aliphatic carbocycles. The topological polar surface area (TPSA) is 62.5 Å². The van der Waals surface area contributed by atoms with Gasteiger partial charge in [-0.2, -0.15) is 5.26 Å². The first-order valence-corrected chi connectivity index (χ1v) is 6.35. The van der Waals surface area contributed by atoms with Gasteiger partial charge in [0.15, 0.2) is 0 Å². The van der Waals surface area contributed by atoms with E-state index in [1.807, 2.05) is 6.92 Å². The summed E-state index contributed by atoms with van der Waals surface area (Å²) < 4.78 is 11.1. The quantitative estimate of drug-likeness (QED) is 0.795. The summed E-state index contributed by atoms with van der Waals surface area (Å²) in [5, 5.41) is 20.4. The SMILES string of the molecule is CCC1(C)CC(O)(C2(C#N)CCOC2)CCO1. The van der Waals surface area contributed by atoms with Crippen molar-refractivity contribution in [3.63, 3.8) is 0 Å². The van der Waals surface area contributed by atoms with Crippen LogP contribution in [0.2, 0.25) is 0 Å². The third-order valence-corrected chi connectivity index (χ3v) is 4.51. The van der Waals surface area contributed by atoms with Crippen LogP contribution in [0.15, 0.2) is 0 Å². The molecule has 3 atom stereocenters. The van der Waals surface area contributed by atoms with E-state index in [0.717, 1.165) is 6.42 Å². The molecule has 0 aromatic heterocycles. The van der Waals surface area contributed by atoms with Gasteiger partial charge in [0.05, 0.1) is 30.5 Å². The van der Waals surface area contributed by atoms with Gasteiger partial charge in [-0.3, -0.25) is 0 Å². The lowest BCUT2D eigenvalue weighted by molar-refractivity contribution is -0.188. The lowest BCUT2D eigenvalue weighted by Gasteiger charge is -2.48. The fraction of sp³-hybridized carbons (Fsp3) is 0.923. The average molecular weight is 239 g/mol. The van der Waals surface area contributed by atoms with Crippen molar-refractivity contribution in [2.24, 2.45) is 5.41 Å². The Morgan fingerprint density at radius 2 is 2.12 bits per heavy atom. The Labute approximate surface area is 103 Å². The van der Waals surface area contributed by atoms with E-state index >= 15 is 0 Å². The molecule has 17 heavy (non-hydrogen) atoms. The fourth-order valence-electron chi connectivity index (χ4n) is 2.98. The van der Waals surface area contributed by atoms with E-state index in [4.69, 9.17) is 9.47 Å². The molecule has 1 N–H and O–H groups in total. The van der Waals surface area contributed by atoms with Crippen LogP contribution < -0.4 is 0 Å². The van der Waals surface area contributed by atoms with Gasteiger partial charge in [0.25, 0.3) is 0 Å². The van der Waals surface area contributed by atoms with Crippen LogP contribution in [0.5, 0.6) is 0 Å². The molecule has 4 nitrogen and oxygen atoms in total. The van der Waals surface area contributed by atoms with E-state index in [0.29, 0.717) is 39.1 Å². The molecule has 2 aliphatic heterocycles. The summed E-state index contributed by atoms with van der Waals surface area (Å²) in [5.74, 6) is 0. The molecule has 0 spiro atoms. The van der Waals surface area contributed by atoms with E-state index < -0.39 is 11.0 Å². The number of aliphatic hydroxyl groups is 1. The van der Waals surface area contributed by atoms with Gasteiger partial charge in [-0.1, -0.05) is 6.92 Å². The maximum absolute atomic E-state index is 10.9. The normalized spacial score (nSPS) is 46.7. The smallest absolute Gasteiger partial charge is 0.112 e. The molecular weight excluding hydrogens is 218 g/mol. The van der Waals surface area contributed by atoms with Crippen molar-refractivity contribution in [1.29, 1.82) is 5.26 Å². The zero-order valence-corrected chi connectivity index (χ0v) is 10.7. The minimum atomic E-state index is -0.971. The van der Waals surface area contributed by atoms with Crippen LogP contribution in [-0.2, 0) is 9.47 Å². The molecule has 0 aromatic rings. The molecule has 2 fully saturated rings. The second-order valence-corrected chi connectivity index (χ2v) is 5.61. The predicted octanol–water partition coefficient (Wildman–Crippen LogP) is 1.63. The Balaban J connectivity index is 2.26. The lowest BCUT2D eigenvalue weighted by Crippen LogP contribution is -2.57. The van der Waals surface area contributed by atoms with Gasteiger partial charge in [-0.25, -0.2) is 0 Å². The van der Waals surface area contributed by atoms with Gasteiger partial charge >= 0.3 is 0 Å². The molecule has 0 saturated carbocycles. The van der Waals surface area contributed by atoms with Crippen LogP contribution >= 0.6 is 0 Å². The summed E-state index contributed by atoms with van der Waals surface area (Å²) >= 11 is 0. The van der Waals surface area contributed by atoms with Gasteiger partial charge in [0.2, 0.25) is 0 Å².